The number of hydrogen-bond acceptors (Lipinski definition) is 4. The van der Waals surface area contributed by atoms with Crippen LogP contribution in [0.2, 0.25) is 0 Å². The van der Waals surface area contributed by atoms with E-state index in [-0.39, 0.29) is 12.3 Å². The fourth-order valence-electron chi connectivity index (χ4n) is 1.63. The maximum absolute atomic E-state index is 10.7. The Kier molecular flexibility index (Phi) is 6.74. The highest BCUT2D eigenvalue weighted by molar-refractivity contribution is 5.73. The van der Waals surface area contributed by atoms with Crippen LogP contribution in [0.25, 0.3) is 0 Å². The van der Waals surface area contributed by atoms with E-state index in [1.807, 2.05) is 24.3 Å². The van der Waals surface area contributed by atoms with E-state index in [1.165, 1.54) is 0 Å². The van der Waals surface area contributed by atoms with Crippen LogP contribution in [0.1, 0.15) is 13.3 Å². The van der Waals surface area contributed by atoms with Gasteiger partial charge < -0.3 is 20.5 Å². The minimum atomic E-state index is -0.362. The molecule has 0 aromatic heterocycles. The molecule has 0 aliphatic rings. The number of hydrogen-bond donors (Lipinski definition) is 2. The summed E-state index contributed by atoms with van der Waals surface area (Å²) in [7, 11) is 1.69. The average Bonchev–Trinajstić information content (AvgIpc) is 2.37. The van der Waals surface area contributed by atoms with E-state index in [2.05, 4.69) is 12.2 Å². The summed E-state index contributed by atoms with van der Waals surface area (Å²) in [6, 6.07) is 7.64. The van der Waals surface area contributed by atoms with Crippen LogP contribution in [-0.2, 0) is 9.53 Å². The van der Waals surface area contributed by atoms with Crippen molar-refractivity contribution in [1.82, 2.24) is 0 Å². The van der Waals surface area contributed by atoms with Crippen molar-refractivity contribution in [3.8, 4) is 5.75 Å². The molecule has 0 radical (unpaired) electrons. The SMILES string of the molecule is COCC(C)CNc1ccccc1OCCC(N)=O. The lowest BCUT2D eigenvalue weighted by Crippen LogP contribution is -2.17. The van der Waals surface area contributed by atoms with Crippen molar-refractivity contribution in [1.29, 1.82) is 0 Å². The molecule has 0 bridgehead atoms. The molecule has 1 aromatic carbocycles. The van der Waals surface area contributed by atoms with Crippen LogP contribution in [-0.4, -0.2) is 32.8 Å². The molecule has 106 valence electrons. The molecule has 1 rings (SSSR count). The predicted octanol–water partition coefficient (Wildman–Crippen LogP) is 1.64. The van der Waals surface area contributed by atoms with Crippen LogP contribution in [0, 0.1) is 5.92 Å². The molecule has 1 aromatic rings. The first-order chi connectivity index (χ1) is 9.13. The maximum Gasteiger partial charge on any atom is 0.220 e. The fourth-order valence-corrected chi connectivity index (χ4v) is 1.63. The van der Waals surface area contributed by atoms with Gasteiger partial charge in [0.15, 0.2) is 0 Å². The van der Waals surface area contributed by atoms with Crippen molar-refractivity contribution in [3.63, 3.8) is 0 Å². The number of ether oxygens (including phenoxy) is 2. The van der Waals surface area contributed by atoms with Gasteiger partial charge in [-0.05, 0) is 18.1 Å². The second-order valence-corrected chi connectivity index (χ2v) is 4.50. The zero-order valence-corrected chi connectivity index (χ0v) is 11.5. The molecule has 19 heavy (non-hydrogen) atoms. The molecule has 1 atom stereocenters. The predicted molar refractivity (Wildman–Crippen MR) is 75.3 cm³/mol. The molecule has 5 heteroatoms. The number of nitrogens with one attached hydrogen (secondary N) is 1. The van der Waals surface area contributed by atoms with Crippen molar-refractivity contribution in [2.24, 2.45) is 11.7 Å². The average molecular weight is 266 g/mol. The largest absolute Gasteiger partial charge is 0.491 e. The number of para-hydroxylation sites is 2. The van der Waals surface area contributed by atoms with E-state index in [9.17, 15) is 4.79 Å². The number of benzene rings is 1. The van der Waals surface area contributed by atoms with E-state index in [1.54, 1.807) is 7.11 Å². The van der Waals surface area contributed by atoms with Crippen molar-refractivity contribution in [3.05, 3.63) is 24.3 Å². The third-order valence-corrected chi connectivity index (χ3v) is 2.59. The number of methoxy groups -OCH3 is 1. The van der Waals surface area contributed by atoms with Gasteiger partial charge in [0.1, 0.15) is 5.75 Å². The van der Waals surface area contributed by atoms with Crippen molar-refractivity contribution < 1.29 is 14.3 Å². The van der Waals surface area contributed by atoms with Crippen LogP contribution in [0.15, 0.2) is 24.3 Å². The highest BCUT2D eigenvalue weighted by Gasteiger charge is 2.06. The van der Waals surface area contributed by atoms with Crippen LogP contribution < -0.4 is 15.8 Å². The van der Waals surface area contributed by atoms with Gasteiger partial charge in [-0.25, -0.2) is 0 Å². The molecule has 0 fully saturated rings. The molecule has 1 unspecified atom stereocenters. The Balaban J connectivity index is 2.50. The Labute approximate surface area is 114 Å². The Morgan fingerprint density at radius 2 is 2.16 bits per heavy atom. The van der Waals surface area contributed by atoms with Gasteiger partial charge in [0.25, 0.3) is 0 Å². The number of carbonyl (C=O) groups excluding carboxylic acids is 1. The summed E-state index contributed by atoms with van der Waals surface area (Å²) in [5.41, 5.74) is 5.99. The minimum Gasteiger partial charge on any atom is -0.491 e. The maximum atomic E-state index is 10.7. The summed E-state index contributed by atoms with van der Waals surface area (Å²) in [6.07, 6.45) is 0.217. The van der Waals surface area contributed by atoms with Gasteiger partial charge in [-0.1, -0.05) is 19.1 Å². The zero-order chi connectivity index (χ0) is 14.1. The van der Waals surface area contributed by atoms with Gasteiger partial charge in [0.2, 0.25) is 5.91 Å². The Morgan fingerprint density at radius 1 is 1.42 bits per heavy atom. The lowest BCUT2D eigenvalue weighted by molar-refractivity contribution is -0.118. The minimum absolute atomic E-state index is 0.217. The summed E-state index contributed by atoms with van der Waals surface area (Å²) < 4.78 is 10.6. The van der Waals surface area contributed by atoms with Gasteiger partial charge in [-0.3, -0.25) is 4.79 Å². The summed E-state index contributed by atoms with van der Waals surface area (Å²) in [5, 5.41) is 3.31. The second kappa shape index (κ2) is 8.37. The van der Waals surface area contributed by atoms with E-state index in [0.717, 1.165) is 18.0 Å². The zero-order valence-electron chi connectivity index (χ0n) is 11.5. The first-order valence-corrected chi connectivity index (χ1v) is 6.36. The molecular weight excluding hydrogens is 244 g/mol. The molecule has 0 aliphatic heterocycles. The molecule has 0 saturated carbocycles. The van der Waals surface area contributed by atoms with Gasteiger partial charge in [0, 0.05) is 13.7 Å². The highest BCUT2D eigenvalue weighted by Crippen LogP contribution is 2.24. The van der Waals surface area contributed by atoms with E-state index < -0.39 is 0 Å². The third-order valence-electron chi connectivity index (χ3n) is 2.59. The van der Waals surface area contributed by atoms with Crippen molar-refractivity contribution >= 4 is 11.6 Å². The van der Waals surface area contributed by atoms with Crippen LogP contribution in [0.5, 0.6) is 5.75 Å². The summed E-state index contributed by atoms with van der Waals surface area (Å²) >= 11 is 0. The monoisotopic (exact) mass is 266 g/mol. The van der Waals surface area contributed by atoms with Crippen LogP contribution in [0.4, 0.5) is 5.69 Å². The topological polar surface area (TPSA) is 73.6 Å². The summed E-state index contributed by atoms with van der Waals surface area (Å²) in [5.74, 6) is 0.774. The standard InChI is InChI=1S/C14H22N2O3/c1-11(10-18-2)9-16-12-5-3-4-6-13(12)19-8-7-14(15)17/h3-6,11,16H,7-10H2,1-2H3,(H2,15,17). The van der Waals surface area contributed by atoms with E-state index in [4.69, 9.17) is 15.2 Å². The first kappa shape index (κ1) is 15.3. The second-order valence-electron chi connectivity index (χ2n) is 4.50. The molecular formula is C14H22N2O3. The molecule has 0 spiro atoms. The normalized spacial score (nSPS) is 11.9. The van der Waals surface area contributed by atoms with E-state index >= 15 is 0 Å². The van der Waals surface area contributed by atoms with Gasteiger partial charge in [0.05, 0.1) is 25.3 Å². The number of primary amides is 1. The summed E-state index contributed by atoms with van der Waals surface area (Å²) in [4.78, 5) is 10.7. The lowest BCUT2D eigenvalue weighted by Gasteiger charge is -2.15. The number of nitrogens with two attached hydrogens (primary N) is 1. The van der Waals surface area contributed by atoms with Crippen molar-refractivity contribution in [2.45, 2.75) is 13.3 Å². The number of amides is 1. The Bertz CT molecular complexity index is 396. The molecule has 0 aliphatic carbocycles. The molecule has 0 heterocycles. The van der Waals surface area contributed by atoms with Crippen LogP contribution in [0.3, 0.4) is 0 Å². The molecule has 5 nitrogen and oxygen atoms in total. The number of rotatable bonds is 9. The summed E-state index contributed by atoms with van der Waals surface area (Å²) in [6.45, 7) is 3.90. The third kappa shape index (κ3) is 6.10. The smallest absolute Gasteiger partial charge is 0.220 e. The lowest BCUT2D eigenvalue weighted by atomic mass is 10.2. The van der Waals surface area contributed by atoms with Gasteiger partial charge in [-0.15, -0.1) is 0 Å². The number of anilines is 1. The fraction of sp³-hybridized carbons (Fsp3) is 0.500. The highest BCUT2D eigenvalue weighted by atomic mass is 16.5. The Morgan fingerprint density at radius 3 is 2.84 bits per heavy atom. The van der Waals surface area contributed by atoms with Crippen molar-refractivity contribution in [2.75, 3.05) is 32.2 Å². The molecule has 1 amide bonds. The van der Waals surface area contributed by atoms with Gasteiger partial charge in [-0.2, -0.15) is 0 Å². The first-order valence-electron chi connectivity index (χ1n) is 6.36. The molecule has 0 saturated heterocycles. The van der Waals surface area contributed by atoms with Crippen LogP contribution >= 0.6 is 0 Å². The number of carbonyl (C=O) groups is 1. The Hall–Kier alpha value is -1.75. The van der Waals surface area contributed by atoms with E-state index in [0.29, 0.717) is 19.1 Å². The van der Waals surface area contributed by atoms with Gasteiger partial charge >= 0.3 is 0 Å². The quantitative estimate of drug-likeness (QED) is 0.712. The molecule has 3 N–H and O–H groups in total.